The van der Waals surface area contributed by atoms with Crippen molar-refractivity contribution in [3.8, 4) is 0 Å². The zero-order valence-corrected chi connectivity index (χ0v) is 16.0. The second kappa shape index (κ2) is 8.14. The van der Waals surface area contributed by atoms with Gasteiger partial charge in [0.05, 0.1) is 24.4 Å². The molecule has 0 saturated heterocycles. The molecule has 142 valence electrons. The molecule has 2 heterocycles. The lowest BCUT2D eigenvalue weighted by Crippen LogP contribution is -2.36. The Bertz CT molecular complexity index is 877. The van der Waals surface area contributed by atoms with Crippen molar-refractivity contribution in [1.29, 1.82) is 0 Å². The fourth-order valence-corrected chi connectivity index (χ4v) is 3.74. The van der Waals surface area contributed by atoms with Crippen molar-refractivity contribution in [2.24, 2.45) is 0 Å². The predicted molar refractivity (Wildman–Crippen MR) is 105 cm³/mol. The first-order valence-electron chi connectivity index (χ1n) is 8.15. The molecule has 0 radical (unpaired) electrons. The monoisotopic (exact) mass is 410 g/mol. The van der Waals surface area contributed by atoms with Crippen LogP contribution in [0.25, 0.3) is 0 Å². The maximum atomic E-state index is 12.9. The highest BCUT2D eigenvalue weighted by atomic mass is 32.1. The highest BCUT2D eigenvalue weighted by Gasteiger charge is 2.30. The van der Waals surface area contributed by atoms with Gasteiger partial charge in [-0.1, -0.05) is 12.1 Å². The van der Waals surface area contributed by atoms with Gasteiger partial charge >= 0.3 is 6.18 Å². The van der Waals surface area contributed by atoms with Gasteiger partial charge in [0.2, 0.25) is 0 Å². The molecule has 8 heteroatoms. The largest absolute Gasteiger partial charge is 0.467 e. The van der Waals surface area contributed by atoms with Gasteiger partial charge in [-0.3, -0.25) is 0 Å². The van der Waals surface area contributed by atoms with Crippen LogP contribution in [0.1, 0.15) is 29.2 Å². The van der Waals surface area contributed by atoms with E-state index in [0.29, 0.717) is 17.4 Å². The van der Waals surface area contributed by atoms with Gasteiger partial charge in [0, 0.05) is 10.6 Å². The highest BCUT2D eigenvalue weighted by molar-refractivity contribution is 7.80. The second-order valence-corrected chi connectivity index (χ2v) is 7.27. The average Bonchev–Trinajstić information content (AvgIpc) is 3.32. The van der Waals surface area contributed by atoms with E-state index in [4.69, 9.17) is 16.6 Å². The fourth-order valence-electron chi connectivity index (χ4n) is 2.61. The first-order valence-corrected chi connectivity index (χ1v) is 9.44. The molecule has 0 aliphatic rings. The quantitative estimate of drug-likeness (QED) is 0.498. The number of benzene rings is 1. The van der Waals surface area contributed by atoms with Crippen molar-refractivity contribution in [1.82, 2.24) is 4.90 Å². The molecule has 1 aromatic carbocycles. The molecule has 0 unspecified atom stereocenters. The van der Waals surface area contributed by atoms with Crippen LogP contribution in [-0.4, -0.2) is 10.0 Å². The van der Waals surface area contributed by atoms with Crippen molar-refractivity contribution in [3.63, 3.8) is 0 Å². The Kier molecular flexibility index (Phi) is 5.86. The molecule has 0 amide bonds. The number of nitrogens with one attached hydrogen (secondary N) is 1. The maximum absolute atomic E-state index is 12.9. The molecule has 0 aliphatic carbocycles. The fraction of sp³-hybridized carbons (Fsp3) is 0.211. The summed E-state index contributed by atoms with van der Waals surface area (Å²) in [7, 11) is 0. The highest BCUT2D eigenvalue weighted by Crippen LogP contribution is 2.31. The minimum absolute atomic E-state index is 0.0686. The number of hydrogen-bond acceptors (Lipinski definition) is 3. The Balaban J connectivity index is 1.82. The molecule has 3 rings (SSSR count). The van der Waals surface area contributed by atoms with Gasteiger partial charge in [0.15, 0.2) is 5.11 Å². The summed E-state index contributed by atoms with van der Waals surface area (Å²) in [4.78, 5) is 2.98. The first kappa shape index (κ1) is 19.4. The Labute approximate surface area is 164 Å². The van der Waals surface area contributed by atoms with Crippen LogP contribution in [-0.2, 0) is 12.7 Å². The number of thiophene rings is 1. The average molecular weight is 410 g/mol. The van der Waals surface area contributed by atoms with Crippen molar-refractivity contribution >= 4 is 34.4 Å². The van der Waals surface area contributed by atoms with Gasteiger partial charge in [0.1, 0.15) is 5.76 Å². The van der Waals surface area contributed by atoms with Crippen LogP contribution in [0.2, 0.25) is 0 Å². The minimum atomic E-state index is -4.41. The van der Waals surface area contributed by atoms with Gasteiger partial charge in [-0.15, -0.1) is 11.3 Å². The van der Waals surface area contributed by atoms with Crippen LogP contribution in [0.4, 0.5) is 18.9 Å². The lowest BCUT2D eigenvalue weighted by Gasteiger charge is -2.30. The summed E-state index contributed by atoms with van der Waals surface area (Å²) in [6.07, 6.45) is -2.83. The molecule has 3 nitrogen and oxygen atoms in total. The van der Waals surface area contributed by atoms with Crippen molar-refractivity contribution in [2.75, 3.05) is 5.32 Å². The summed E-state index contributed by atoms with van der Waals surface area (Å²) in [5.41, 5.74) is -0.433. The first-order chi connectivity index (χ1) is 12.8. The van der Waals surface area contributed by atoms with Gasteiger partial charge in [-0.05, 0) is 60.9 Å². The van der Waals surface area contributed by atoms with E-state index in [1.807, 2.05) is 35.4 Å². The number of nitrogens with zero attached hydrogens (tertiary/aromatic N) is 1. The van der Waals surface area contributed by atoms with E-state index in [1.54, 1.807) is 29.7 Å². The summed E-state index contributed by atoms with van der Waals surface area (Å²) in [6.45, 7) is 2.39. The summed E-state index contributed by atoms with van der Waals surface area (Å²) in [6, 6.07) is 12.5. The van der Waals surface area contributed by atoms with Crippen LogP contribution < -0.4 is 5.32 Å². The van der Waals surface area contributed by atoms with Crippen LogP contribution in [0, 0.1) is 0 Å². The van der Waals surface area contributed by atoms with E-state index < -0.39 is 11.7 Å². The smallest absolute Gasteiger partial charge is 0.416 e. The van der Waals surface area contributed by atoms with Gasteiger partial charge in [-0.2, -0.15) is 13.2 Å². The number of alkyl halides is 3. The second-order valence-electron chi connectivity index (χ2n) is 5.91. The van der Waals surface area contributed by atoms with Crippen molar-refractivity contribution in [3.05, 3.63) is 76.4 Å². The summed E-state index contributed by atoms with van der Waals surface area (Å²) < 4.78 is 44.3. The Morgan fingerprint density at radius 2 is 2.04 bits per heavy atom. The van der Waals surface area contributed by atoms with Crippen molar-refractivity contribution in [2.45, 2.75) is 25.7 Å². The summed E-state index contributed by atoms with van der Waals surface area (Å²) >= 11 is 7.11. The van der Waals surface area contributed by atoms with E-state index in [9.17, 15) is 13.2 Å². The predicted octanol–water partition coefficient (Wildman–Crippen LogP) is 6.32. The van der Waals surface area contributed by atoms with Gasteiger partial charge < -0.3 is 14.6 Å². The SMILES string of the molecule is C[C@H](c1cccs1)N(Cc1ccco1)C(=S)Nc1cccc(C(F)(F)F)c1. The molecule has 0 aliphatic heterocycles. The summed E-state index contributed by atoms with van der Waals surface area (Å²) in [5.74, 6) is 0.714. The number of anilines is 1. The number of furan rings is 1. The van der Waals surface area contributed by atoms with E-state index in [1.165, 1.54) is 6.07 Å². The third kappa shape index (κ3) is 4.90. The van der Waals surface area contributed by atoms with Crippen molar-refractivity contribution < 1.29 is 17.6 Å². The van der Waals surface area contributed by atoms with Crippen LogP contribution in [0.15, 0.2) is 64.6 Å². The van der Waals surface area contributed by atoms with E-state index in [0.717, 1.165) is 17.0 Å². The minimum Gasteiger partial charge on any atom is -0.467 e. The zero-order chi connectivity index (χ0) is 19.4. The number of hydrogen-bond donors (Lipinski definition) is 1. The molecule has 27 heavy (non-hydrogen) atoms. The molecule has 0 saturated carbocycles. The van der Waals surface area contributed by atoms with Crippen LogP contribution in [0.5, 0.6) is 0 Å². The molecule has 2 aromatic heterocycles. The van der Waals surface area contributed by atoms with Crippen LogP contribution in [0.3, 0.4) is 0 Å². The molecule has 3 aromatic rings. The third-order valence-corrected chi connectivity index (χ3v) is 5.41. The molecule has 0 spiro atoms. The molecule has 1 atom stereocenters. The molecule has 0 bridgehead atoms. The standard InChI is InChI=1S/C19H17F3N2OS2/c1-13(17-8-4-10-27-17)24(12-16-7-3-9-25-16)18(26)23-15-6-2-5-14(11-15)19(20,21)22/h2-11,13H,12H2,1H3,(H,23,26)/t13-/m1/s1. The molecule has 0 fully saturated rings. The number of rotatable bonds is 5. The van der Waals surface area contributed by atoms with Gasteiger partial charge in [-0.25, -0.2) is 0 Å². The lowest BCUT2D eigenvalue weighted by atomic mass is 10.2. The molecular formula is C19H17F3N2OS2. The van der Waals surface area contributed by atoms with E-state index in [-0.39, 0.29) is 11.7 Å². The topological polar surface area (TPSA) is 28.4 Å². The Morgan fingerprint density at radius 1 is 1.22 bits per heavy atom. The zero-order valence-electron chi connectivity index (χ0n) is 14.4. The van der Waals surface area contributed by atoms with Gasteiger partial charge in [0.25, 0.3) is 0 Å². The normalized spacial score (nSPS) is 12.6. The molecule has 1 N–H and O–H groups in total. The number of thiocarbonyl (C=S) groups is 1. The number of halogens is 3. The summed E-state index contributed by atoms with van der Waals surface area (Å²) in [5, 5.41) is 5.23. The lowest BCUT2D eigenvalue weighted by molar-refractivity contribution is -0.137. The Morgan fingerprint density at radius 3 is 2.67 bits per heavy atom. The molecular weight excluding hydrogens is 393 g/mol. The third-order valence-electron chi connectivity index (χ3n) is 4.03. The van der Waals surface area contributed by atoms with Crippen LogP contribution >= 0.6 is 23.6 Å². The van der Waals surface area contributed by atoms with E-state index >= 15 is 0 Å². The Hall–Kier alpha value is -2.32. The maximum Gasteiger partial charge on any atom is 0.416 e. The van der Waals surface area contributed by atoms with E-state index in [2.05, 4.69) is 5.32 Å².